The van der Waals surface area contributed by atoms with E-state index < -0.39 is 36.2 Å². The van der Waals surface area contributed by atoms with Crippen LogP contribution in [0.1, 0.15) is 17.2 Å². The molecular formula is C23H15F4N5O2. The highest BCUT2D eigenvalue weighted by Crippen LogP contribution is 2.64. The van der Waals surface area contributed by atoms with Crippen LogP contribution < -0.4 is 0 Å². The van der Waals surface area contributed by atoms with E-state index in [4.69, 9.17) is 0 Å². The summed E-state index contributed by atoms with van der Waals surface area (Å²) in [4.78, 5) is 5.75. The smallest absolute Gasteiger partial charge is 0.395 e. The molecule has 3 atom stereocenters. The van der Waals surface area contributed by atoms with E-state index in [2.05, 4.69) is 15.2 Å². The molecular weight excluding hydrogens is 454 g/mol. The number of aromatic nitrogens is 4. The van der Waals surface area contributed by atoms with E-state index in [9.17, 15) is 27.8 Å². The van der Waals surface area contributed by atoms with Gasteiger partial charge in [-0.3, -0.25) is 4.40 Å². The molecule has 3 aromatic heterocycles. The highest BCUT2D eigenvalue weighted by molar-refractivity contribution is 5.88. The largest absolute Gasteiger partial charge is 0.413 e. The van der Waals surface area contributed by atoms with Crippen molar-refractivity contribution < 1.29 is 27.8 Å². The molecule has 0 fully saturated rings. The molecule has 2 N–H and O–H groups in total. The second-order valence-corrected chi connectivity index (χ2v) is 8.87. The minimum Gasteiger partial charge on any atom is -0.395 e. The number of hydrogen-bond donors (Lipinski definition) is 2. The first kappa shape index (κ1) is 19.9. The van der Waals surface area contributed by atoms with Gasteiger partial charge < -0.3 is 15.1 Å². The van der Waals surface area contributed by atoms with Gasteiger partial charge in [-0.1, -0.05) is 12.1 Å². The molecule has 0 radical (unpaired) electrons. The number of nitrogens with zero attached hydrogens (tertiary/aromatic N) is 5. The van der Waals surface area contributed by atoms with Gasteiger partial charge in [0.05, 0.1) is 23.6 Å². The highest BCUT2D eigenvalue weighted by atomic mass is 19.4. The Balaban J connectivity index is 1.62. The van der Waals surface area contributed by atoms with E-state index in [0.29, 0.717) is 22.2 Å². The summed E-state index contributed by atoms with van der Waals surface area (Å²) in [6, 6.07) is 6.37. The molecule has 34 heavy (non-hydrogen) atoms. The summed E-state index contributed by atoms with van der Waals surface area (Å²) in [6.45, 7) is -0.926. The van der Waals surface area contributed by atoms with Gasteiger partial charge in [-0.2, -0.15) is 13.2 Å². The number of piperidine rings is 1. The second kappa shape index (κ2) is 6.10. The molecule has 0 amide bonds. The van der Waals surface area contributed by atoms with Crippen LogP contribution >= 0.6 is 0 Å². The normalized spacial score (nSPS) is 25.3. The van der Waals surface area contributed by atoms with Crippen molar-refractivity contribution >= 4 is 16.6 Å². The van der Waals surface area contributed by atoms with Gasteiger partial charge in [0.25, 0.3) is 0 Å². The molecule has 172 valence electrons. The third kappa shape index (κ3) is 2.30. The van der Waals surface area contributed by atoms with Crippen molar-refractivity contribution in [3.8, 4) is 11.5 Å². The summed E-state index contributed by atoms with van der Waals surface area (Å²) in [7, 11) is 0. The molecule has 0 saturated carbocycles. The van der Waals surface area contributed by atoms with Crippen LogP contribution in [0, 0.1) is 5.82 Å². The Kier molecular flexibility index (Phi) is 3.56. The average Bonchev–Trinajstić information content (AvgIpc) is 3.09. The van der Waals surface area contributed by atoms with Crippen molar-refractivity contribution in [3.63, 3.8) is 0 Å². The van der Waals surface area contributed by atoms with E-state index in [1.54, 1.807) is 12.1 Å². The lowest BCUT2D eigenvalue weighted by Crippen LogP contribution is -2.44. The first-order chi connectivity index (χ1) is 16.2. The van der Waals surface area contributed by atoms with Gasteiger partial charge in [-0.15, -0.1) is 10.2 Å². The van der Waals surface area contributed by atoms with E-state index in [1.807, 2.05) is 0 Å². The number of fused-ring (bicyclic) bond motifs is 5. The van der Waals surface area contributed by atoms with E-state index in [-0.39, 0.29) is 34.8 Å². The Bertz CT molecular complexity index is 1580. The van der Waals surface area contributed by atoms with Crippen LogP contribution in [0.3, 0.4) is 0 Å². The van der Waals surface area contributed by atoms with Gasteiger partial charge in [0.15, 0.2) is 17.5 Å². The predicted octanol–water partition coefficient (Wildman–Crippen LogP) is 2.87. The predicted molar refractivity (Wildman–Crippen MR) is 111 cm³/mol. The number of alkyl halides is 3. The lowest BCUT2D eigenvalue weighted by Gasteiger charge is -2.38. The van der Waals surface area contributed by atoms with Crippen LogP contribution in [0.25, 0.3) is 28.1 Å². The molecule has 2 aliphatic heterocycles. The molecule has 1 aliphatic carbocycles. The molecule has 11 heteroatoms. The maximum atomic E-state index is 14.7. The molecule has 4 aromatic rings. The maximum absolute atomic E-state index is 14.7. The van der Waals surface area contributed by atoms with Gasteiger partial charge in [0.2, 0.25) is 0 Å². The zero-order valence-electron chi connectivity index (χ0n) is 17.3. The van der Waals surface area contributed by atoms with Gasteiger partial charge >= 0.3 is 6.18 Å². The maximum Gasteiger partial charge on any atom is 0.413 e. The quantitative estimate of drug-likeness (QED) is 0.417. The molecule has 1 unspecified atom stereocenters. The molecule has 5 heterocycles. The van der Waals surface area contributed by atoms with Crippen LogP contribution in [0.5, 0.6) is 0 Å². The summed E-state index contributed by atoms with van der Waals surface area (Å²) in [5.74, 6) is -0.381. The first-order valence-electron chi connectivity index (χ1n) is 10.6. The standard InChI is InChI=1S/C23H15F4N5O2/c24-12-5-10-1-3-14-21-30-29-16-4-2-11(7-31(16)21)19(23(25,26)27)32-8-15(34)17-20(32)22(17,9-33)13(6-12)18(10)28-14/h1-7,15,19,33-34H,8-9H2/t15-,19-,22?/m1/s1. The zero-order chi connectivity index (χ0) is 23.6. The molecule has 7 nitrogen and oxygen atoms in total. The number of rotatable bonds is 1. The van der Waals surface area contributed by atoms with E-state index in [0.717, 1.165) is 4.90 Å². The minimum absolute atomic E-state index is 0.0816. The van der Waals surface area contributed by atoms with E-state index >= 15 is 0 Å². The van der Waals surface area contributed by atoms with Crippen molar-refractivity contribution in [2.45, 2.75) is 23.7 Å². The lowest BCUT2D eigenvalue weighted by molar-refractivity contribution is -0.182. The Hall–Kier alpha value is -3.57. The number of halogens is 4. The monoisotopic (exact) mass is 469 g/mol. The number of aliphatic hydroxyl groups is 2. The van der Waals surface area contributed by atoms with Gasteiger partial charge in [0, 0.05) is 29.4 Å². The number of pyridine rings is 2. The number of aliphatic hydroxyl groups excluding tert-OH is 2. The minimum atomic E-state index is -4.71. The first-order valence-corrected chi connectivity index (χ1v) is 10.6. The molecule has 1 aromatic carbocycles. The van der Waals surface area contributed by atoms with Gasteiger partial charge in [0.1, 0.15) is 11.5 Å². The summed E-state index contributed by atoms with van der Waals surface area (Å²) < 4.78 is 59.7. The Labute approximate surface area is 188 Å². The fraction of sp³-hybridized carbons (Fsp3) is 0.261. The van der Waals surface area contributed by atoms with Crippen molar-refractivity contribution in [2.75, 3.05) is 13.2 Å². The van der Waals surface area contributed by atoms with Crippen LogP contribution in [0.2, 0.25) is 0 Å². The molecule has 3 aliphatic rings. The lowest BCUT2D eigenvalue weighted by atomic mass is 9.84. The zero-order valence-corrected chi connectivity index (χ0v) is 17.3. The van der Waals surface area contributed by atoms with Gasteiger partial charge in [-0.05, 0) is 35.4 Å². The van der Waals surface area contributed by atoms with Crippen LogP contribution in [-0.4, -0.2) is 60.1 Å². The van der Waals surface area contributed by atoms with Gasteiger partial charge in [-0.25, -0.2) is 9.37 Å². The fourth-order valence-corrected chi connectivity index (χ4v) is 5.73. The molecule has 7 rings (SSSR count). The Morgan fingerprint density at radius 2 is 1.94 bits per heavy atom. The van der Waals surface area contributed by atoms with Crippen LogP contribution in [-0.2, 0) is 5.41 Å². The Morgan fingerprint density at radius 3 is 2.71 bits per heavy atom. The summed E-state index contributed by atoms with van der Waals surface area (Å²) >= 11 is 0. The fourth-order valence-electron chi connectivity index (χ4n) is 5.73. The second-order valence-electron chi connectivity index (χ2n) is 8.87. The Morgan fingerprint density at radius 1 is 1.12 bits per heavy atom. The van der Waals surface area contributed by atoms with Crippen LogP contribution in [0.15, 0.2) is 53.9 Å². The third-order valence-corrected chi connectivity index (χ3v) is 7.09. The third-order valence-electron chi connectivity index (χ3n) is 7.09. The highest BCUT2D eigenvalue weighted by Gasteiger charge is 2.67. The number of benzene rings is 1. The summed E-state index contributed by atoms with van der Waals surface area (Å²) in [6.07, 6.45) is -4.62. The van der Waals surface area contributed by atoms with Crippen LogP contribution in [0.4, 0.5) is 17.6 Å². The van der Waals surface area contributed by atoms with Crippen molar-refractivity contribution in [2.24, 2.45) is 0 Å². The number of hydrogen-bond acceptors (Lipinski definition) is 6. The molecule has 0 saturated heterocycles. The van der Waals surface area contributed by atoms with Crippen molar-refractivity contribution in [3.05, 3.63) is 70.8 Å². The van der Waals surface area contributed by atoms with Crippen molar-refractivity contribution in [1.82, 2.24) is 24.5 Å². The van der Waals surface area contributed by atoms with E-state index in [1.165, 1.54) is 34.9 Å². The molecule has 4 bridgehead atoms. The SMILES string of the molecule is OCC12C3=C1N(C[C@H]3O)[C@@H](C(F)(F)F)c1ccc3nnc(n3c1)-c1ccc3cc(F)cc2c3n1. The van der Waals surface area contributed by atoms with Crippen molar-refractivity contribution in [1.29, 1.82) is 0 Å². The summed E-state index contributed by atoms with van der Waals surface area (Å²) in [5.41, 5.74) is 0.0943. The average molecular weight is 469 g/mol. The molecule has 0 spiro atoms. The summed E-state index contributed by atoms with van der Waals surface area (Å²) in [5, 5.41) is 29.9. The topological polar surface area (TPSA) is 86.8 Å².